The number of rotatable bonds is 3. The van der Waals surface area contributed by atoms with E-state index in [4.69, 9.17) is 0 Å². The summed E-state index contributed by atoms with van der Waals surface area (Å²) in [7, 11) is 0. The zero-order valence-corrected chi connectivity index (χ0v) is 8.95. The Balaban J connectivity index is 2.09. The number of hydrogen-bond donors (Lipinski definition) is 0. The molecular weight excluding hydrogens is 220 g/mol. The van der Waals surface area contributed by atoms with Crippen molar-refractivity contribution in [1.29, 1.82) is 0 Å². The first-order valence-corrected chi connectivity index (χ1v) is 5.06. The van der Waals surface area contributed by atoms with E-state index >= 15 is 0 Å². The molecule has 5 heteroatoms. The molecule has 0 aliphatic heterocycles. The maximum Gasteiger partial charge on any atom is 0.269 e. The number of non-ortho nitro benzene ring substituents is 1. The summed E-state index contributed by atoms with van der Waals surface area (Å²) in [5, 5.41) is 10.5. The van der Waals surface area contributed by atoms with Crippen LogP contribution in [0.4, 0.5) is 5.69 Å². The monoisotopic (exact) mass is 230 g/mol. The Morgan fingerprint density at radius 3 is 2.29 bits per heavy atom. The van der Waals surface area contributed by atoms with E-state index in [0.717, 1.165) is 5.56 Å². The smallest absolute Gasteiger partial charge is 0.269 e. The first-order valence-electron chi connectivity index (χ1n) is 5.06. The maximum absolute atomic E-state index is 11.7. The van der Waals surface area contributed by atoms with E-state index in [9.17, 15) is 14.9 Å². The molecule has 0 aliphatic carbocycles. The summed E-state index contributed by atoms with van der Waals surface area (Å²) >= 11 is 0. The lowest BCUT2D eigenvalue weighted by Crippen LogP contribution is -2.11. The van der Waals surface area contributed by atoms with Crippen LogP contribution in [0.15, 0.2) is 48.8 Å². The van der Waals surface area contributed by atoms with Gasteiger partial charge < -0.3 is 0 Å². The van der Waals surface area contributed by atoms with Crippen molar-refractivity contribution < 1.29 is 9.72 Å². The van der Waals surface area contributed by atoms with Crippen LogP contribution in [0.25, 0.3) is 0 Å². The highest BCUT2D eigenvalue weighted by Crippen LogP contribution is 2.12. The third-order valence-corrected chi connectivity index (χ3v) is 2.39. The van der Waals surface area contributed by atoms with Crippen molar-refractivity contribution in [2.45, 2.75) is 6.42 Å². The Morgan fingerprint density at radius 1 is 1.18 bits per heavy atom. The predicted octanol–water partition coefficient (Wildman–Crippen LogP) is 2.28. The van der Waals surface area contributed by atoms with Crippen molar-refractivity contribution in [3.63, 3.8) is 0 Å². The van der Waals surface area contributed by atoms with Crippen LogP contribution < -0.4 is 0 Å². The quantitative estimate of drug-likeness (QED) is 0.600. The van der Waals surface area contributed by atoms with E-state index in [0.29, 0.717) is 0 Å². The van der Waals surface area contributed by atoms with Gasteiger partial charge in [0.25, 0.3) is 5.69 Å². The molecule has 1 aromatic carbocycles. The van der Waals surface area contributed by atoms with E-state index in [-0.39, 0.29) is 18.0 Å². The number of carbonyl (C=O) groups excluding carboxylic acids is 1. The largest absolute Gasteiger partial charge is 0.294 e. The maximum atomic E-state index is 11.7. The van der Waals surface area contributed by atoms with Crippen molar-refractivity contribution in [2.75, 3.05) is 0 Å². The number of carbonyl (C=O) groups is 1. The number of nitrogens with zero attached hydrogens (tertiary/aromatic N) is 2. The molecule has 2 aromatic rings. The molecular formula is C12H10N2O3. The number of hydrogen-bond acceptors (Lipinski definition) is 3. The van der Waals surface area contributed by atoms with Gasteiger partial charge in [0.1, 0.15) is 0 Å². The van der Waals surface area contributed by atoms with Gasteiger partial charge in [-0.05, 0) is 17.7 Å². The Kier molecular flexibility index (Phi) is 3.00. The van der Waals surface area contributed by atoms with Crippen LogP contribution in [0.2, 0.25) is 0 Å². The normalized spacial score (nSPS) is 10.1. The minimum absolute atomic E-state index is 0.0298. The van der Waals surface area contributed by atoms with Crippen LogP contribution >= 0.6 is 0 Å². The third-order valence-electron chi connectivity index (χ3n) is 2.39. The van der Waals surface area contributed by atoms with E-state index < -0.39 is 4.92 Å². The van der Waals surface area contributed by atoms with Crippen LogP contribution in [0.3, 0.4) is 0 Å². The molecule has 0 fully saturated rings. The zero-order valence-electron chi connectivity index (χ0n) is 8.95. The summed E-state index contributed by atoms with van der Waals surface area (Å²) < 4.78 is 1.49. The predicted molar refractivity (Wildman–Crippen MR) is 61.9 cm³/mol. The second-order valence-corrected chi connectivity index (χ2v) is 3.58. The topological polar surface area (TPSA) is 65.1 Å². The van der Waals surface area contributed by atoms with Crippen LogP contribution in [0.1, 0.15) is 10.4 Å². The number of aromatic nitrogens is 1. The minimum Gasteiger partial charge on any atom is -0.294 e. The Morgan fingerprint density at radius 2 is 1.76 bits per heavy atom. The van der Waals surface area contributed by atoms with Crippen molar-refractivity contribution in [2.24, 2.45) is 0 Å². The van der Waals surface area contributed by atoms with Crippen molar-refractivity contribution in [1.82, 2.24) is 4.57 Å². The summed E-state index contributed by atoms with van der Waals surface area (Å²) in [4.78, 5) is 21.7. The minimum atomic E-state index is -0.461. The van der Waals surface area contributed by atoms with Gasteiger partial charge in [-0.25, -0.2) is 0 Å². The highest BCUT2D eigenvalue weighted by Gasteiger charge is 2.07. The van der Waals surface area contributed by atoms with Crippen LogP contribution in [-0.2, 0) is 6.42 Å². The third kappa shape index (κ3) is 2.57. The van der Waals surface area contributed by atoms with Gasteiger partial charge >= 0.3 is 0 Å². The average molecular weight is 230 g/mol. The lowest BCUT2D eigenvalue weighted by molar-refractivity contribution is -0.384. The molecule has 17 heavy (non-hydrogen) atoms. The van der Waals surface area contributed by atoms with E-state index in [2.05, 4.69) is 0 Å². The van der Waals surface area contributed by atoms with Crippen molar-refractivity contribution in [3.05, 3.63) is 64.5 Å². The molecule has 1 aromatic heterocycles. The summed E-state index contributed by atoms with van der Waals surface area (Å²) in [5.41, 5.74) is 0.788. The van der Waals surface area contributed by atoms with Gasteiger partial charge in [0.2, 0.25) is 5.91 Å². The summed E-state index contributed by atoms with van der Waals surface area (Å²) in [6, 6.07) is 9.54. The van der Waals surface area contributed by atoms with Crippen LogP contribution in [-0.4, -0.2) is 15.4 Å². The van der Waals surface area contributed by atoms with E-state index in [1.54, 1.807) is 36.7 Å². The van der Waals surface area contributed by atoms with Gasteiger partial charge in [-0.15, -0.1) is 0 Å². The van der Waals surface area contributed by atoms with Crippen LogP contribution in [0, 0.1) is 10.1 Å². The molecule has 0 saturated heterocycles. The number of benzene rings is 1. The zero-order chi connectivity index (χ0) is 12.3. The molecule has 0 saturated carbocycles. The Bertz CT molecular complexity index is 529. The van der Waals surface area contributed by atoms with E-state index in [1.165, 1.54) is 16.7 Å². The second-order valence-electron chi connectivity index (χ2n) is 3.58. The van der Waals surface area contributed by atoms with Gasteiger partial charge in [0.05, 0.1) is 11.3 Å². The molecule has 0 aliphatic rings. The molecule has 1 heterocycles. The van der Waals surface area contributed by atoms with Crippen molar-refractivity contribution >= 4 is 11.6 Å². The highest BCUT2D eigenvalue weighted by molar-refractivity contribution is 5.81. The van der Waals surface area contributed by atoms with Gasteiger partial charge in [0.15, 0.2) is 0 Å². The lowest BCUT2D eigenvalue weighted by atomic mass is 10.1. The van der Waals surface area contributed by atoms with Gasteiger partial charge in [-0.1, -0.05) is 12.1 Å². The van der Waals surface area contributed by atoms with E-state index in [1.807, 2.05) is 0 Å². The molecule has 0 N–H and O–H groups in total. The first kappa shape index (κ1) is 11.1. The molecule has 2 rings (SSSR count). The summed E-state index contributed by atoms with van der Waals surface area (Å²) in [6.45, 7) is 0. The lowest BCUT2D eigenvalue weighted by Gasteiger charge is -2.01. The Labute approximate surface area is 97.5 Å². The molecule has 5 nitrogen and oxygen atoms in total. The summed E-state index contributed by atoms with van der Waals surface area (Å²) in [5.74, 6) is -0.0659. The SMILES string of the molecule is O=C(Cc1ccc([N+](=O)[O-])cc1)n1cccc1. The number of nitro benzene ring substituents is 1. The highest BCUT2D eigenvalue weighted by atomic mass is 16.6. The van der Waals surface area contributed by atoms with Crippen molar-refractivity contribution in [3.8, 4) is 0 Å². The average Bonchev–Trinajstić information content (AvgIpc) is 2.83. The number of nitro groups is 1. The second kappa shape index (κ2) is 4.61. The molecule has 0 amide bonds. The van der Waals surface area contributed by atoms with Crippen LogP contribution in [0.5, 0.6) is 0 Å². The fourth-order valence-electron chi connectivity index (χ4n) is 1.50. The molecule has 86 valence electrons. The fourth-order valence-corrected chi connectivity index (χ4v) is 1.50. The van der Waals surface area contributed by atoms with Gasteiger partial charge in [0, 0.05) is 24.5 Å². The summed E-state index contributed by atoms with van der Waals surface area (Å²) in [6.07, 6.45) is 3.58. The standard InChI is InChI=1S/C12H10N2O3/c15-12(13-7-1-2-8-13)9-10-3-5-11(6-4-10)14(16)17/h1-8H,9H2. The molecule has 0 bridgehead atoms. The molecule has 0 radical (unpaired) electrons. The molecule has 0 unspecified atom stereocenters. The van der Waals surface area contributed by atoms with Gasteiger partial charge in [-0.2, -0.15) is 0 Å². The molecule has 0 atom stereocenters. The fraction of sp³-hybridized carbons (Fsp3) is 0.0833. The van der Waals surface area contributed by atoms with Gasteiger partial charge in [-0.3, -0.25) is 19.5 Å². The first-order chi connectivity index (χ1) is 8.16. The Hall–Kier alpha value is -2.43. The molecule has 0 spiro atoms.